The van der Waals surface area contributed by atoms with Crippen LogP contribution in [0.5, 0.6) is 5.75 Å². The van der Waals surface area contributed by atoms with Crippen LogP contribution in [-0.4, -0.2) is 30.7 Å². The van der Waals surface area contributed by atoms with E-state index >= 15 is 0 Å². The highest BCUT2D eigenvalue weighted by atomic mass is 16.5. The van der Waals surface area contributed by atoms with Gasteiger partial charge < -0.3 is 19.8 Å². The van der Waals surface area contributed by atoms with Crippen molar-refractivity contribution in [3.63, 3.8) is 0 Å². The van der Waals surface area contributed by atoms with E-state index in [9.17, 15) is 9.59 Å². The smallest absolute Gasteiger partial charge is 0.305 e. The number of carbonyl (C=O) groups excluding carboxylic acids is 2. The zero-order valence-electron chi connectivity index (χ0n) is 18.2. The summed E-state index contributed by atoms with van der Waals surface area (Å²) in [7, 11) is 3.02. The minimum absolute atomic E-state index is 0.256. The Morgan fingerprint density at radius 1 is 1.10 bits per heavy atom. The van der Waals surface area contributed by atoms with Gasteiger partial charge in [0.15, 0.2) is 0 Å². The number of carbonyl (C=O) groups is 2. The molecule has 0 bridgehead atoms. The first-order chi connectivity index (χ1) is 14.5. The second kappa shape index (κ2) is 9.83. The third-order valence-electron chi connectivity index (χ3n) is 6.22. The van der Waals surface area contributed by atoms with Gasteiger partial charge in [-0.15, -0.1) is 0 Å². The molecule has 2 aromatic rings. The molecule has 6 nitrogen and oxygen atoms in total. The third kappa shape index (κ3) is 4.69. The number of nitrogens with two attached hydrogens (primary N) is 1. The van der Waals surface area contributed by atoms with Gasteiger partial charge in [-0.25, -0.2) is 0 Å². The Hall–Kier alpha value is -2.76. The average Bonchev–Trinajstić information content (AvgIpc) is 3.04. The van der Waals surface area contributed by atoms with Gasteiger partial charge in [0.25, 0.3) is 5.91 Å². The second-order valence-electron chi connectivity index (χ2n) is 8.07. The van der Waals surface area contributed by atoms with Crippen molar-refractivity contribution in [3.05, 3.63) is 41.2 Å². The van der Waals surface area contributed by atoms with Gasteiger partial charge in [0, 0.05) is 23.5 Å². The normalized spacial score (nSPS) is 14.5. The summed E-state index contributed by atoms with van der Waals surface area (Å²) >= 11 is 0. The molecule has 1 fully saturated rings. The Labute approximate surface area is 178 Å². The third-order valence-corrected chi connectivity index (χ3v) is 6.22. The lowest BCUT2D eigenvalue weighted by molar-refractivity contribution is -0.140. The van der Waals surface area contributed by atoms with Crippen LogP contribution in [0.25, 0.3) is 11.1 Å². The Balaban J connectivity index is 2.11. The van der Waals surface area contributed by atoms with Crippen LogP contribution in [0.2, 0.25) is 0 Å². The van der Waals surface area contributed by atoms with Crippen molar-refractivity contribution in [2.75, 3.05) is 14.2 Å². The molecular weight excluding hydrogens is 380 g/mol. The molecule has 0 aliphatic heterocycles. The monoisotopic (exact) mass is 412 g/mol. The van der Waals surface area contributed by atoms with E-state index in [1.54, 1.807) is 7.11 Å². The minimum Gasteiger partial charge on any atom is -0.497 e. The Morgan fingerprint density at radius 2 is 1.77 bits per heavy atom. The highest BCUT2D eigenvalue weighted by Crippen LogP contribution is 2.36. The second-order valence-corrected chi connectivity index (χ2v) is 8.07. The van der Waals surface area contributed by atoms with Crippen LogP contribution in [0.3, 0.4) is 0 Å². The van der Waals surface area contributed by atoms with Crippen LogP contribution >= 0.6 is 0 Å². The molecule has 30 heavy (non-hydrogen) atoms. The Morgan fingerprint density at radius 3 is 2.33 bits per heavy atom. The number of benzene rings is 1. The summed E-state index contributed by atoms with van der Waals surface area (Å²) in [6, 6.07) is 7.62. The van der Waals surface area contributed by atoms with E-state index in [2.05, 4.69) is 4.57 Å². The number of ether oxygens (including phenoxy) is 2. The number of hydrogen-bond donors (Lipinski definition) is 1. The van der Waals surface area contributed by atoms with E-state index in [1.807, 2.05) is 31.2 Å². The molecular formula is C24H32N2O4. The molecule has 0 radical (unpaired) electrons. The van der Waals surface area contributed by atoms with Crippen LogP contribution in [0.15, 0.2) is 24.3 Å². The van der Waals surface area contributed by atoms with Gasteiger partial charge in [0.1, 0.15) is 5.75 Å². The Kier molecular flexibility index (Phi) is 7.19. The summed E-state index contributed by atoms with van der Waals surface area (Å²) in [6.45, 7) is 2.80. The lowest BCUT2D eigenvalue weighted by atomic mass is 9.89. The maximum atomic E-state index is 12.5. The van der Waals surface area contributed by atoms with Gasteiger partial charge in [0.05, 0.1) is 26.2 Å². The molecule has 1 saturated carbocycles. The number of methoxy groups -OCH3 is 2. The first-order valence-electron chi connectivity index (χ1n) is 10.7. The zero-order chi connectivity index (χ0) is 21.7. The van der Waals surface area contributed by atoms with E-state index in [0.717, 1.165) is 34.8 Å². The highest BCUT2D eigenvalue weighted by molar-refractivity contribution is 6.02. The number of hydrogen-bond acceptors (Lipinski definition) is 4. The zero-order valence-corrected chi connectivity index (χ0v) is 18.2. The maximum Gasteiger partial charge on any atom is 0.305 e. The molecule has 1 aromatic carbocycles. The largest absolute Gasteiger partial charge is 0.497 e. The summed E-state index contributed by atoms with van der Waals surface area (Å²) < 4.78 is 12.4. The molecule has 6 heteroatoms. The molecule has 1 aliphatic rings. The van der Waals surface area contributed by atoms with E-state index in [4.69, 9.17) is 15.2 Å². The first-order valence-corrected chi connectivity index (χ1v) is 10.7. The van der Waals surface area contributed by atoms with Crippen molar-refractivity contribution in [1.82, 2.24) is 4.57 Å². The molecule has 2 N–H and O–H groups in total. The molecule has 0 unspecified atom stereocenters. The molecule has 0 atom stereocenters. The van der Waals surface area contributed by atoms with Crippen LogP contribution < -0.4 is 10.5 Å². The quantitative estimate of drug-likeness (QED) is 0.657. The van der Waals surface area contributed by atoms with Crippen molar-refractivity contribution in [3.8, 4) is 16.9 Å². The predicted molar refractivity (Wildman–Crippen MR) is 117 cm³/mol. The number of nitrogens with zero attached hydrogens (tertiary/aromatic N) is 1. The minimum atomic E-state index is -0.444. The fourth-order valence-corrected chi connectivity index (χ4v) is 4.63. The van der Waals surface area contributed by atoms with E-state index in [-0.39, 0.29) is 12.4 Å². The fourth-order valence-electron chi connectivity index (χ4n) is 4.63. The Bertz CT molecular complexity index is 893. The van der Waals surface area contributed by atoms with E-state index in [1.165, 1.54) is 39.2 Å². The number of aromatic nitrogens is 1. The van der Waals surface area contributed by atoms with E-state index < -0.39 is 5.91 Å². The van der Waals surface area contributed by atoms with E-state index in [0.29, 0.717) is 17.9 Å². The standard InChI is InChI=1S/C24H32N2O4/c1-16-22(24(25)28)23(18-9-11-19(29-2)12-10-18)20(13-14-21(27)30-3)26(16)15-17-7-5-4-6-8-17/h9-12,17H,4-8,13-15H2,1-3H3,(H2,25,28). The topological polar surface area (TPSA) is 83.6 Å². The van der Waals surface area contributed by atoms with Gasteiger partial charge in [-0.3, -0.25) is 9.59 Å². The van der Waals surface area contributed by atoms with Gasteiger partial charge in [0.2, 0.25) is 0 Å². The van der Waals surface area contributed by atoms with Crippen LogP contribution in [-0.2, 0) is 22.5 Å². The number of rotatable bonds is 8. The summed E-state index contributed by atoms with van der Waals surface area (Å²) in [4.78, 5) is 24.4. The summed E-state index contributed by atoms with van der Waals surface area (Å²) in [5.41, 5.74) is 9.94. The molecule has 1 aromatic heterocycles. The average molecular weight is 413 g/mol. The van der Waals surface area contributed by atoms with Crippen molar-refractivity contribution in [1.29, 1.82) is 0 Å². The molecule has 0 spiro atoms. The van der Waals surface area contributed by atoms with Gasteiger partial charge in [-0.05, 0) is 49.8 Å². The summed E-state index contributed by atoms with van der Waals surface area (Å²) in [5.74, 6) is 0.611. The summed E-state index contributed by atoms with van der Waals surface area (Å²) in [5, 5.41) is 0. The highest BCUT2D eigenvalue weighted by Gasteiger charge is 2.27. The van der Waals surface area contributed by atoms with Crippen molar-refractivity contribution in [2.45, 2.75) is 58.4 Å². The molecule has 0 saturated heterocycles. The van der Waals surface area contributed by atoms with Gasteiger partial charge in [-0.2, -0.15) is 0 Å². The number of amides is 1. The van der Waals surface area contributed by atoms with Crippen molar-refractivity contribution >= 4 is 11.9 Å². The van der Waals surface area contributed by atoms with Crippen LogP contribution in [0.1, 0.15) is 60.3 Å². The lowest BCUT2D eigenvalue weighted by Crippen LogP contribution is -2.18. The molecule has 1 heterocycles. The predicted octanol–water partition coefficient (Wildman–Crippen LogP) is 4.26. The van der Waals surface area contributed by atoms with Crippen LogP contribution in [0.4, 0.5) is 0 Å². The fraction of sp³-hybridized carbons (Fsp3) is 0.500. The molecule has 3 rings (SSSR count). The number of esters is 1. The molecule has 1 aliphatic carbocycles. The van der Waals surface area contributed by atoms with Crippen molar-refractivity contribution in [2.24, 2.45) is 11.7 Å². The first kappa shape index (κ1) is 21.9. The van der Waals surface area contributed by atoms with Gasteiger partial charge >= 0.3 is 5.97 Å². The maximum absolute atomic E-state index is 12.5. The van der Waals surface area contributed by atoms with Gasteiger partial charge in [-0.1, -0.05) is 31.4 Å². The molecule has 162 valence electrons. The van der Waals surface area contributed by atoms with Crippen LogP contribution in [0, 0.1) is 12.8 Å². The summed E-state index contributed by atoms with van der Waals surface area (Å²) in [6.07, 6.45) is 6.92. The molecule has 1 amide bonds. The number of primary amides is 1. The van der Waals surface area contributed by atoms with Crippen molar-refractivity contribution < 1.29 is 19.1 Å². The SMILES string of the molecule is COC(=O)CCc1c(-c2ccc(OC)cc2)c(C(N)=O)c(C)n1CC1CCCCC1. The lowest BCUT2D eigenvalue weighted by Gasteiger charge is -2.24.